The first-order valence-electron chi connectivity index (χ1n) is 1.56. The minimum atomic E-state index is -5.33. The maximum Gasteiger partial charge on any atom is 0.563 e. The second kappa shape index (κ2) is 2.05. The summed E-state index contributed by atoms with van der Waals surface area (Å²) in [6, 6.07) is 0. The van der Waals surface area contributed by atoms with Crippen LogP contribution in [0.4, 0.5) is 13.2 Å². The second-order valence-corrected chi connectivity index (χ2v) is 0.995. The number of hydroxylamine groups is 1. The highest BCUT2D eigenvalue weighted by molar-refractivity contribution is 4.27. The molecule has 0 spiro atoms. The summed E-state index contributed by atoms with van der Waals surface area (Å²) < 4.78 is 32.8. The minimum Gasteiger partial charge on any atom is -0.233 e. The number of alkyl halides is 3. The molecule has 0 rings (SSSR count). The molecule has 0 aliphatic heterocycles. The summed E-state index contributed by atoms with van der Waals surface area (Å²) in [5.74, 6) is 0. The first-order valence-corrected chi connectivity index (χ1v) is 1.56. The van der Waals surface area contributed by atoms with E-state index in [9.17, 15) is 13.2 Å². The van der Waals surface area contributed by atoms with Crippen LogP contribution in [-0.4, -0.2) is 21.7 Å². The number of nitrogens with zero attached hydrogens (tertiary/aromatic N) is 2. The van der Waals surface area contributed by atoms with Crippen molar-refractivity contribution in [1.82, 2.24) is 5.17 Å². The zero-order valence-corrected chi connectivity index (χ0v) is 3.79. The Kier molecular flexibility index (Phi) is 1.81. The van der Waals surface area contributed by atoms with E-state index in [-0.39, 0.29) is 0 Å². The van der Waals surface area contributed by atoms with Crippen LogP contribution in [0.3, 0.4) is 0 Å². The quantitative estimate of drug-likeness (QED) is 0.330. The standard InChI is InChI=1S/CHF3N2O3/c2-1(3,4)5(7)6(8)9/h7H. The average molecular weight is 146 g/mol. The highest BCUT2D eigenvalue weighted by Crippen LogP contribution is 2.17. The molecule has 9 heavy (non-hydrogen) atoms. The first kappa shape index (κ1) is 7.95. The van der Waals surface area contributed by atoms with E-state index in [0.29, 0.717) is 0 Å². The van der Waals surface area contributed by atoms with Gasteiger partial charge in [-0.05, 0) is 0 Å². The fourth-order valence-electron chi connectivity index (χ4n) is 0.0926. The Hall–Kier alpha value is -1.05. The van der Waals surface area contributed by atoms with Gasteiger partial charge in [0.1, 0.15) is 5.17 Å². The van der Waals surface area contributed by atoms with Gasteiger partial charge in [-0.25, -0.2) is 15.3 Å². The lowest BCUT2D eigenvalue weighted by atomic mass is 11.2. The van der Waals surface area contributed by atoms with Crippen molar-refractivity contribution in [2.45, 2.75) is 6.30 Å². The van der Waals surface area contributed by atoms with Gasteiger partial charge in [0, 0.05) is 0 Å². The van der Waals surface area contributed by atoms with E-state index in [0.717, 1.165) is 0 Å². The van der Waals surface area contributed by atoms with Crippen LogP contribution in [0.2, 0.25) is 0 Å². The number of nitro groups is 1. The summed E-state index contributed by atoms with van der Waals surface area (Å²) in [5, 5.41) is 12.7. The molecular weight excluding hydrogens is 145 g/mol. The summed E-state index contributed by atoms with van der Waals surface area (Å²) >= 11 is 0. The lowest BCUT2D eigenvalue weighted by Gasteiger charge is -2.06. The molecule has 0 bridgehead atoms. The van der Waals surface area contributed by atoms with Gasteiger partial charge in [0.15, 0.2) is 5.03 Å². The topological polar surface area (TPSA) is 66.6 Å². The lowest BCUT2D eigenvalue weighted by molar-refractivity contribution is -0.779. The Morgan fingerprint density at radius 2 is 1.89 bits per heavy atom. The van der Waals surface area contributed by atoms with E-state index >= 15 is 0 Å². The maximum absolute atomic E-state index is 10.9. The third-order valence-corrected chi connectivity index (χ3v) is 0.381. The molecule has 0 radical (unpaired) electrons. The van der Waals surface area contributed by atoms with Gasteiger partial charge in [0.25, 0.3) is 0 Å². The Balaban J connectivity index is 4.04. The molecule has 0 saturated heterocycles. The van der Waals surface area contributed by atoms with Gasteiger partial charge in [-0.1, -0.05) is 0 Å². The predicted octanol–water partition coefficient (Wildman–Crippen LogP) is 0.389. The van der Waals surface area contributed by atoms with Gasteiger partial charge >= 0.3 is 6.30 Å². The van der Waals surface area contributed by atoms with Crippen LogP contribution in [0.15, 0.2) is 0 Å². The molecule has 0 saturated carbocycles. The number of hydrogen-bond donors (Lipinski definition) is 1. The second-order valence-electron chi connectivity index (χ2n) is 0.995. The van der Waals surface area contributed by atoms with Gasteiger partial charge in [-0.3, -0.25) is 0 Å². The summed E-state index contributed by atoms with van der Waals surface area (Å²) in [4.78, 5) is 9.11. The van der Waals surface area contributed by atoms with Crippen molar-refractivity contribution in [2.75, 3.05) is 0 Å². The average Bonchev–Trinajstić information content (AvgIpc) is 1.62. The largest absolute Gasteiger partial charge is 0.563 e. The van der Waals surface area contributed by atoms with Crippen LogP contribution in [0.1, 0.15) is 0 Å². The Morgan fingerprint density at radius 1 is 1.56 bits per heavy atom. The van der Waals surface area contributed by atoms with Gasteiger partial charge in [-0.2, -0.15) is 0 Å². The van der Waals surface area contributed by atoms with Gasteiger partial charge in [0.05, 0.1) is 0 Å². The zero-order chi connectivity index (χ0) is 7.65. The number of hydrogen-bond acceptors (Lipinski definition) is 3. The molecule has 54 valence electrons. The number of halogens is 3. The molecule has 0 unspecified atom stereocenters. The number of rotatable bonds is 1. The predicted molar refractivity (Wildman–Crippen MR) is 16.7 cm³/mol. The smallest absolute Gasteiger partial charge is 0.233 e. The fraction of sp³-hybridized carbons (Fsp3) is 1.00. The van der Waals surface area contributed by atoms with Crippen LogP contribution in [0.25, 0.3) is 0 Å². The van der Waals surface area contributed by atoms with E-state index in [1.165, 1.54) is 0 Å². The SMILES string of the molecule is O=[N+]([O-])N(O)C(F)(F)F. The summed E-state index contributed by atoms with van der Waals surface area (Å²) in [5.41, 5.74) is 0. The van der Waals surface area contributed by atoms with Crippen LogP contribution < -0.4 is 0 Å². The molecule has 0 aliphatic rings. The molecule has 0 fully saturated rings. The van der Waals surface area contributed by atoms with Crippen molar-refractivity contribution in [3.8, 4) is 0 Å². The Bertz CT molecular complexity index is 121. The van der Waals surface area contributed by atoms with Crippen molar-refractivity contribution >= 4 is 0 Å². The van der Waals surface area contributed by atoms with Crippen molar-refractivity contribution in [1.29, 1.82) is 0 Å². The highest BCUT2D eigenvalue weighted by Gasteiger charge is 2.45. The molecule has 8 heteroatoms. The van der Waals surface area contributed by atoms with Crippen molar-refractivity contribution in [2.24, 2.45) is 0 Å². The van der Waals surface area contributed by atoms with E-state index in [1.54, 1.807) is 0 Å². The minimum absolute atomic E-state index is 1.92. The molecule has 0 heterocycles. The molecule has 1 N–H and O–H groups in total. The normalized spacial score (nSPS) is 11.1. The Labute approximate surface area is 46.4 Å². The summed E-state index contributed by atoms with van der Waals surface area (Å²) in [6.45, 7) is 0. The fourth-order valence-corrected chi connectivity index (χ4v) is 0.0926. The lowest BCUT2D eigenvalue weighted by Crippen LogP contribution is -2.39. The molecular formula is CHF3N2O3. The zero-order valence-electron chi connectivity index (χ0n) is 3.79. The molecule has 0 atom stereocenters. The van der Waals surface area contributed by atoms with E-state index in [2.05, 4.69) is 0 Å². The van der Waals surface area contributed by atoms with Crippen molar-refractivity contribution in [3.63, 3.8) is 0 Å². The molecule has 0 aromatic rings. The van der Waals surface area contributed by atoms with Crippen LogP contribution in [0.5, 0.6) is 0 Å². The third kappa shape index (κ3) is 2.13. The van der Waals surface area contributed by atoms with Gasteiger partial charge in [-0.15, -0.1) is 13.2 Å². The van der Waals surface area contributed by atoms with Crippen LogP contribution >= 0.6 is 0 Å². The third-order valence-electron chi connectivity index (χ3n) is 0.381. The van der Waals surface area contributed by atoms with E-state index < -0.39 is 16.5 Å². The van der Waals surface area contributed by atoms with Gasteiger partial charge in [0.2, 0.25) is 0 Å². The van der Waals surface area contributed by atoms with Crippen LogP contribution in [-0.2, 0) is 0 Å². The van der Waals surface area contributed by atoms with Crippen molar-refractivity contribution < 1.29 is 23.4 Å². The molecule has 0 aromatic heterocycles. The van der Waals surface area contributed by atoms with E-state index in [4.69, 9.17) is 15.3 Å². The summed E-state index contributed by atoms with van der Waals surface area (Å²) in [6.07, 6.45) is -5.33. The number of hydrazine groups is 1. The Morgan fingerprint density at radius 3 is 1.89 bits per heavy atom. The molecule has 5 nitrogen and oxygen atoms in total. The first-order chi connectivity index (χ1) is 3.85. The van der Waals surface area contributed by atoms with Crippen LogP contribution in [0, 0.1) is 10.1 Å². The van der Waals surface area contributed by atoms with Crippen molar-refractivity contribution in [3.05, 3.63) is 10.1 Å². The molecule has 0 aromatic carbocycles. The monoisotopic (exact) mass is 146 g/mol. The molecule has 0 amide bonds. The highest BCUT2D eigenvalue weighted by atomic mass is 19.4. The maximum atomic E-state index is 10.9. The van der Waals surface area contributed by atoms with E-state index in [1.807, 2.05) is 0 Å². The van der Waals surface area contributed by atoms with Gasteiger partial charge < -0.3 is 0 Å². The molecule has 0 aliphatic carbocycles. The summed E-state index contributed by atoms with van der Waals surface area (Å²) in [7, 11) is 0.